The van der Waals surface area contributed by atoms with E-state index in [1.807, 2.05) is 13.1 Å². The topological polar surface area (TPSA) is 42.0 Å². The highest BCUT2D eigenvalue weighted by atomic mass is 16.6. The fraction of sp³-hybridized carbons (Fsp3) is 0.727. The first-order valence-corrected chi connectivity index (χ1v) is 5.78. The van der Waals surface area contributed by atoms with Crippen molar-refractivity contribution in [3.63, 3.8) is 0 Å². The lowest BCUT2D eigenvalue weighted by Gasteiger charge is -2.29. The van der Waals surface area contributed by atoms with Crippen LogP contribution in [-0.4, -0.2) is 55.3 Å². The van der Waals surface area contributed by atoms with Gasteiger partial charge in [-0.1, -0.05) is 0 Å². The van der Waals surface area contributed by atoms with Gasteiger partial charge in [-0.15, -0.1) is 0 Å². The maximum Gasteiger partial charge on any atom is 0.413 e. The zero-order valence-corrected chi connectivity index (χ0v) is 9.65. The molecule has 2 aliphatic heterocycles. The van der Waals surface area contributed by atoms with Crippen molar-refractivity contribution >= 4 is 6.09 Å². The van der Waals surface area contributed by atoms with Crippen LogP contribution in [0.1, 0.15) is 13.3 Å². The van der Waals surface area contributed by atoms with Gasteiger partial charge in [0, 0.05) is 38.0 Å². The van der Waals surface area contributed by atoms with E-state index in [0.717, 1.165) is 39.3 Å². The molecule has 1 amide bonds. The van der Waals surface area contributed by atoms with Crippen LogP contribution in [0, 0.1) is 0 Å². The summed E-state index contributed by atoms with van der Waals surface area (Å²) in [5.41, 5.74) is 1.22. The number of morpholine rings is 1. The van der Waals surface area contributed by atoms with Crippen molar-refractivity contribution in [2.45, 2.75) is 13.3 Å². The number of nitrogens with zero attached hydrogens (tertiary/aromatic N) is 2. The minimum absolute atomic E-state index is 0.245. The largest absolute Gasteiger partial charge is 0.449 e. The Morgan fingerprint density at radius 2 is 2.19 bits per heavy atom. The van der Waals surface area contributed by atoms with Crippen LogP contribution in [0.4, 0.5) is 4.79 Å². The summed E-state index contributed by atoms with van der Waals surface area (Å²) in [5, 5.41) is 0. The highest BCUT2D eigenvalue weighted by Gasteiger charge is 2.23. The Kier molecular flexibility index (Phi) is 3.66. The molecular weight excluding hydrogens is 208 g/mol. The maximum absolute atomic E-state index is 11.5. The lowest BCUT2D eigenvalue weighted by molar-refractivity contribution is 0.0528. The van der Waals surface area contributed by atoms with E-state index in [4.69, 9.17) is 9.47 Å². The molecule has 0 aromatic heterocycles. The molecule has 1 fully saturated rings. The van der Waals surface area contributed by atoms with E-state index in [0.29, 0.717) is 6.61 Å². The molecule has 0 aromatic rings. The van der Waals surface area contributed by atoms with Gasteiger partial charge in [0.1, 0.15) is 0 Å². The van der Waals surface area contributed by atoms with Gasteiger partial charge in [0.05, 0.1) is 19.8 Å². The second-order valence-electron chi connectivity index (χ2n) is 3.86. The van der Waals surface area contributed by atoms with Gasteiger partial charge in [-0.05, 0) is 6.92 Å². The molecule has 16 heavy (non-hydrogen) atoms. The first kappa shape index (κ1) is 11.3. The van der Waals surface area contributed by atoms with Crippen LogP contribution in [0.2, 0.25) is 0 Å². The van der Waals surface area contributed by atoms with E-state index < -0.39 is 0 Å². The molecule has 0 radical (unpaired) electrons. The molecule has 0 unspecified atom stereocenters. The summed E-state index contributed by atoms with van der Waals surface area (Å²) in [5.74, 6) is 0. The van der Waals surface area contributed by atoms with Gasteiger partial charge < -0.3 is 14.4 Å². The molecule has 0 aromatic carbocycles. The summed E-state index contributed by atoms with van der Waals surface area (Å²) >= 11 is 0. The van der Waals surface area contributed by atoms with Gasteiger partial charge in [0.15, 0.2) is 0 Å². The standard InChI is InChI=1S/C11H18N2O3/c1-2-16-11(14)13-4-3-10(9-13)12-5-7-15-8-6-12/h9H,2-8H2,1H3. The smallest absolute Gasteiger partial charge is 0.413 e. The zero-order valence-electron chi connectivity index (χ0n) is 9.65. The first-order valence-electron chi connectivity index (χ1n) is 5.78. The predicted octanol–water partition coefficient (Wildman–Crippen LogP) is 1.02. The minimum atomic E-state index is -0.245. The minimum Gasteiger partial charge on any atom is -0.449 e. The van der Waals surface area contributed by atoms with Gasteiger partial charge in [-0.3, -0.25) is 4.90 Å². The number of hydrogen-bond donors (Lipinski definition) is 0. The summed E-state index contributed by atoms with van der Waals surface area (Å²) in [6.45, 7) is 6.36. The second kappa shape index (κ2) is 5.21. The number of amides is 1. The fourth-order valence-corrected chi connectivity index (χ4v) is 1.98. The predicted molar refractivity (Wildman–Crippen MR) is 58.8 cm³/mol. The molecule has 0 spiro atoms. The van der Waals surface area contributed by atoms with Crippen molar-refractivity contribution in [3.8, 4) is 0 Å². The molecule has 0 N–H and O–H groups in total. The number of ether oxygens (including phenoxy) is 2. The molecule has 2 rings (SSSR count). The van der Waals surface area contributed by atoms with Crippen molar-refractivity contribution in [3.05, 3.63) is 11.9 Å². The van der Waals surface area contributed by atoms with E-state index in [1.54, 1.807) is 4.90 Å². The van der Waals surface area contributed by atoms with E-state index >= 15 is 0 Å². The number of rotatable bonds is 2. The summed E-state index contributed by atoms with van der Waals surface area (Å²) in [7, 11) is 0. The number of carbonyl (C=O) groups excluding carboxylic acids is 1. The van der Waals surface area contributed by atoms with Gasteiger partial charge in [-0.25, -0.2) is 4.79 Å². The summed E-state index contributed by atoms with van der Waals surface area (Å²) in [4.78, 5) is 15.4. The van der Waals surface area contributed by atoms with Crippen LogP contribution in [0.3, 0.4) is 0 Å². The molecule has 5 nitrogen and oxygen atoms in total. The second-order valence-corrected chi connectivity index (χ2v) is 3.86. The molecule has 2 aliphatic rings. The van der Waals surface area contributed by atoms with Crippen LogP contribution in [0.5, 0.6) is 0 Å². The molecule has 0 saturated carbocycles. The zero-order chi connectivity index (χ0) is 11.4. The first-order chi connectivity index (χ1) is 7.81. The van der Waals surface area contributed by atoms with Crippen LogP contribution in [0.15, 0.2) is 11.9 Å². The molecule has 90 valence electrons. The van der Waals surface area contributed by atoms with Crippen LogP contribution in [0.25, 0.3) is 0 Å². The molecular formula is C11H18N2O3. The molecule has 2 heterocycles. The van der Waals surface area contributed by atoms with E-state index in [-0.39, 0.29) is 6.09 Å². The van der Waals surface area contributed by atoms with Gasteiger partial charge >= 0.3 is 6.09 Å². The quantitative estimate of drug-likeness (QED) is 0.705. The average Bonchev–Trinajstić information content (AvgIpc) is 2.80. The summed E-state index contributed by atoms with van der Waals surface area (Å²) in [6, 6.07) is 0. The Bertz CT molecular complexity index is 285. The fourth-order valence-electron chi connectivity index (χ4n) is 1.98. The number of hydrogen-bond acceptors (Lipinski definition) is 4. The summed E-state index contributed by atoms with van der Waals surface area (Å²) in [6.07, 6.45) is 2.58. The third-order valence-electron chi connectivity index (χ3n) is 2.83. The Balaban J connectivity index is 1.91. The lowest BCUT2D eigenvalue weighted by atomic mass is 10.3. The van der Waals surface area contributed by atoms with Crippen LogP contribution < -0.4 is 0 Å². The van der Waals surface area contributed by atoms with Gasteiger partial charge in [0.2, 0.25) is 0 Å². The van der Waals surface area contributed by atoms with Crippen molar-refractivity contribution < 1.29 is 14.3 Å². The van der Waals surface area contributed by atoms with Gasteiger partial charge in [-0.2, -0.15) is 0 Å². The molecule has 1 saturated heterocycles. The Morgan fingerprint density at radius 3 is 2.88 bits per heavy atom. The highest BCUT2D eigenvalue weighted by molar-refractivity contribution is 5.69. The SMILES string of the molecule is CCOC(=O)N1C=C(N2CCOCC2)CC1. The van der Waals surface area contributed by atoms with Crippen molar-refractivity contribution in [2.75, 3.05) is 39.5 Å². The van der Waals surface area contributed by atoms with Crippen molar-refractivity contribution in [2.24, 2.45) is 0 Å². The van der Waals surface area contributed by atoms with Crippen LogP contribution in [-0.2, 0) is 9.47 Å². The van der Waals surface area contributed by atoms with E-state index in [9.17, 15) is 4.79 Å². The molecule has 0 bridgehead atoms. The summed E-state index contributed by atoms with van der Waals surface area (Å²) < 4.78 is 10.3. The third kappa shape index (κ3) is 2.47. The average molecular weight is 226 g/mol. The van der Waals surface area contributed by atoms with E-state index in [2.05, 4.69) is 4.90 Å². The van der Waals surface area contributed by atoms with E-state index in [1.165, 1.54) is 5.70 Å². The number of carbonyl (C=O) groups is 1. The third-order valence-corrected chi connectivity index (χ3v) is 2.83. The highest BCUT2D eigenvalue weighted by Crippen LogP contribution is 2.20. The Morgan fingerprint density at radius 1 is 1.44 bits per heavy atom. The molecule has 0 aliphatic carbocycles. The Labute approximate surface area is 95.6 Å². The maximum atomic E-state index is 11.5. The van der Waals surface area contributed by atoms with Gasteiger partial charge in [0.25, 0.3) is 0 Å². The monoisotopic (exact) mass is 226 g/mol. The van der Waals surface area contributed by atoms with Crippen LogP contribution >= 0.6 is 0 Å². The Hall–Kier alpha value is -1.23. The van der Waals surface area contributed by atoms with Crippen molar-refractivity contribution in [1.82, 2.24) is 9.80 Å². The normalized spacial score (nSPS) is 20.9. The molecule has 5 heteroatoms. The lowest BCUT2D eigenvalue weighted by Crippen LogP contribution is -2.35. The molecule has 0 atom stereocenters. The van der Waals surface area contributed by atoms with Crippen molar-refractivity contribution in [1.29, 1.82) is 0 Å².